The predicted octanol–water partition coefficient (Wildman–Crippen LogP) is 1.78. The van der Waals surface area contributed by atoms with Crippen molar-refractivity contribution < 1.29 is 19.1 Å². The summed E-state index contributed by atoms with van der Waals surface area (Å²) in [4.78, 5) is 36.5. The average molecular weight is 350 g/mol. The number of esters is 1. The van der Waals surface area contributed by atoms with Crippen LogP contribution in [-0.4, -0.2) is 37.0 Å². The van der Waals surface area contributed by atoms with Gasteiger partial charge in [0.1, 0.15) is 6.04 Å². The fourth-order valence-corrected chi connectivity index (χ4v) is 5.37. The summed E-state index contributed by atoms with van der Waals surface area (Å²) >= 11 is 0. The Labute approximate surface area is 149 Å². The summed E-state index contributed by atoms with van der Waals surface area (Å²) in [6, 6.07) is -0.723. The summed E-state index contributed by atoms with van der Waals surface area (Å²) in [5.41, 5.74) is -0.276. The van der Waals surface area contributed by atoms with Crippen molar-refractivity contribution in [3.05, 3.63) is 0 Å². The molecule has 4 rings (SSSR count). The van der Waals surface area contributed by atoms with Crippen LogP contribution in [0.3, 0.4) is 0 Å². The lowest BCUT2D eigenvalue weighted by Crippen LogP contribution is -2.56. The van der Waals surface area contributed by atoms with Gasteiger partial charge in [0, 0.05) is 12.0 Å². The molecule has 6 nitrogen and oxygen atoms in total. The molecule has 2 N–H and O–H groups in total. The minimum atomic E-state index is -0.723. The fourth-order valence-electron chi connectivity index (χ4n) is 5.37. The Bertz CT molecular complexity index is 510. The van der Waals surface area contributed by atoms with E-state index in [-0.39, 0.29) is 23.8 Å². The highest BCUT2D eigenvalue weighted by molar-refractivity contribution is 5.89. The fraction of sp³-hybridized carbons (Fsp3) is 0.842. The van der Waals surface area contributed by atoms with Gasteiger partial charge in [0.25, 0.3) is 5.91 Å². The summed E-state index contributed by atoms with van der Waals surface area (Å²) in [7, 11) is 0. The van der Waals surface area contributed by atoms with E-state index in [9.17, 15) is 14.4 Å². The molecular weight excluding hydrogens is 320 g/mol. The molecule has 4 bridgehead atoms. The second kappa shape index (κ2) is 7.34. The van der Waals surface area contributed by atoms with Crippen LogP contribution >= 0.6 is 0 Å². The van der Waals surface area contributed by atoms with E-state index in [0.29, 0.717) is 24.3 Å². The second-order valence-electron chi connectivity index (χ2n) is 8.35. The molecule has 0 saturated heterocycles. The number of nitrogens with one attached hydrogen (secondary N) is 2. The summed E-state index contributed by atoms with van der Waals surface area (Å²) in [6.45, 7) is 3.85. The van der Waals surface area contributed by atoms with Gasteiger partial charge in [-0.15, -0.1) is 0 Å². The molecule has 4 aliphatic carbocycles. The third kappa shape index (κ3) is 3.98. The molecule has 0 radical (unpaired) electrons. The Morgan fingerprint density at radius 2 is 1.64 bits per heavy atom. The molecule has 25 heavy (non-hydrogen) atoms. The number of ether oxygens (including phenoxy) is 1. The summed E-state index contributed by atoms with van der Waals surface area (Å²) in [6.07, 6.45) is 7.55. The normalized spacial score (nSPS) is 33.6. The van der Waals surface area contributed by atoms with Crippen LogP contribution in [0.2, 0.25) is 0 Å². The zero-order valence-corrected chi connectivity index (χ0v) is 15.3. The number of amides is 2. The highest BCUT2D eigenvalue weighted by atomic mass is 16.5. The van der Waals surface area contributed by atoms with Crippen LogP contribution in [0, 0.1) is 23.2 Å². The zero-order valence-electron chi connectivity index (χ0n) is 15.3. The van der Waals surface area contributed by atoms with Crippen LogP contribution in [0.1, 0.15) is 58.8 Å². The third-order valence-electron chi connectivity index (χ3n) is 6.14. The van der Waals surface area contributed by atoms with Crippen LogP contribution in [0.15, 0.2) is 0 Å². The molecular formula is C19H30N2O4. The lowest BCUT2D eigenvalue weighted by Gasteiger charge is -2.55. The van der Waals surface area contributed by atoms with E-state index in [2.05, 4.69) is 10.6 Å². The first kappa shape index (κ1) is 18.2. The van der Waals surface area contributed by atoms with Crippen molar-refractivity contribution in [2.75, 3.05) is 13.2 Å². The van der Waals surface area contributed by atoms with Crippen molar-refractivity contribution >= 4 is 17.8 Å². The van der Waals surface area contributed by atoms with Gasteiger partial charge in [-0.2, -0.15) is 0 Å². The second-order valence-corrected chi connectivity index (χ2v) is 8.35. The molecule has 0 heterocycles. The number of hydrogen-bond acceptors (Lipinski definition) is 4. The Balaban J connectivity index is 1.49. The predicted molar refractivity (Wildman–Crippen MR) is 92.5 cm³/mol. The first-order chi connectivity index (χ1) is 11.9. The van der Waals surface area contributed by atoms with E-state index in [1.54, 1.807) is 6.92 Å². The van der Waals surface area contributed by atoms with E-state index in [1.165, 1.54) is 19.3 Å². The van der Waals surface area contributed by atoms with Crippen LogP contribution in [0.25, 0.3) is 0 Å². The maximum Gasteiger partial charge on any atom is 0.328 e. The van der Waals surface area contributed by atoms with Crippen molar-refractivity contribution in [1.29, 1.82) is 0 Å². The Hall–Kier alpha value is -1.59. The number of carbonyl (C=O) groups is 3. The summed E-state index contributed by atoms with van der Waals surface area (Å²) in [5.74, 6) is 1.19. The standard InChI is InChI=1S/C19H30N2O4/c1-3-4-20-16(22)11-25-17(23)12(2)21-18(24)19-8-13-5-14(9-19)7-15(6-13)10-19/h12-15H,3-11H2,1-2H3,(H,20,22)(H,21,24)/t12-,13?,14?,15?,19?/m0/s1. The van der Waals surface area contributed by atoms with Gasteiger partial charge in [0.2, 0.25) is 5.91 Å². The molecule has 0 spiro atoms. The van der Waals surface area contributed by atoms with Crippen molar-refractivity contribution in [1.82, 2.24) is 10.6 Å². The van der Waals surface area contributed by atoms with E-state index in [0.717, 1.165) is 25.7 Å². The van der Waals surface area contributed by atoms with Gasteiger partial charge in [-0.1, -0.05) is 6.92 Å². The molecule has 140 valence electrons. The minimum Gasteiger partial charge on any atom is -0.454 e. The first-order valence-corrected chi connectivity index (χ1v) is 9.66. The molecule has 2 amide bonds. The van der Waals surface area contributed by atoms with Gasteiger partial charge in [0.05, 0.1) is 0 Å². The SMILES string of the molecule is CCCNC(=O)COC(=O)[C@H](C)NC(=O)C12CC3CC(CC(C3)C1)C2. The monoisotopic (exact) mass is 350 g/mol. The van der Waals surface area contributed by atoms with Gasteiger partial charge in [-0.05, 0) is 69.6 Å². The van der Waals surface area contributed by atoms with E-state index in [1.807, 2.05) is 6.92 Å². The Kier molecular flexibility index (Phi) is 5.35. The molecule has 4 fully saturated rings. The molecule has 6 heteroatoms. The van der Waals surface area contributed by atoms with E-state index < -0.39 is 12.0 Å². The summed E-state index contributed by atoms with van der Waals surface area (Å²) < 4.78 is 5.02. The highest BCUT2D eigenvalue weighted by Crippen LogP contribution is 2.60. The quantitative estimate of drug-likeness (QED) is 0.686. The lowest BCUT2D eigenvalue weighted by molar-refractivity contribution is -0.155. The van der Waals surface area contributed by atoms with Crippen LogP contribution in [-0.2, 0) is 19.1 Å². The molecule has 0 aromatic heterocycles. The number of carbonyl (C=O) groups excluding carboxylic acids is 3. The topological polar surface area (TPSA) is 84.5 Å². The number of hydrogen-bond donors (Lipinski definition) is 2. The van der Waals surface area contributed by atoms with Gasteiger partial charge in [-0.3, -0.25) is 9.59 Å². The van der Waals surface area contributed by atoms with Crippen LogP contribution in [0.5, 0.6) is 0 Å². The van der Waals surface area contributed by atoms with E-state index >= 15 is 0 Å². The molecule has 4 saturated carbocycles. The largest absolute Gasteiger partial charge is 0.454 e. The molecule has 0 aromatic rings. The van der Waals surface area contributed by atoms with E-state index in [4.69, 9.17) is 4.74 Å². The lowest BCUT2D eigenvalue weighted by atomic mass is 9.49. The molecule has 0 aromatic carbocycles. The highest BCUT2D eigenvalue weighted by Gasteiger charge is 2.54. The third-order valence-corrected chi connectivity index (χ3v) is 6.14. The van der Waals surface area contributed by atoms with Gasteiger partial charge in [0.15, 0.2) is 6.61 Å². The maximum absolute atomic E-state index is 12.9. The van der Waals surface area contributed by atoms with Gasteiger partial charge >= 0.3 is 5.97 Å². The number of rotatable bonds is 7. The molecule has 1 atom stereocenters. The average Bonchev–Trinajstić information content (AvgIpc) is 2.56. The Morgan fingerprint density at radius 3 is 2.16 bits per heavy atom. The Morgan fingerprint density at radius 1 is 1.08 bits per heavy atom. The first-order valence-electron chi connectivity index (χ1n) is 9.66. The molecule has 0 aliphatic heterocycles. The van der Waals surface area contributed by atoms with Gasteiger partial charge in [-0.25, -0.2) is 4.79 Å². The van der Waals surface area contributed by atoms with Crippen molar-refractivity contribution in [2.45, 2.75) is 64.8 Å². The van der Waals surface area contributed by atoms with Crippen LogP contribution in [0.4, 0.5) is 0 Å². The minimum absolute atomic E-state index is 0.00600. The van der Waals surface area contributed by atoms with Crippen LogP contribution < -0.4 is 10.6 Å². The van der Waals surface area contributed by atoms with Crippen molar-refractivity contribution in [2.24, 2.45) is 23.2 Å². The summed E-state index contributed by atoms with van der Waals surface area (Å²) in [5, 5.41) is 5.51. The zero-order chi connectivity index (χ0) is 18.0. The molecule has 0 unspecified atom stereocenters. The van der Waals surface area contributed by atoms with Crippen molar-refractivity contribution in [3.8, 4) is 0 Å². The van der Waals surface area contributed by atoms with Gasteiger partial charge < -0.3 is 15.4 Å². The molecule has 4 aliphatic rings. The van der Waals surface area contributed by atoms with Crippen molar-refractivity contribution in [3.63, 3.8) is 0 Å². The maximum atomic E-state index is 12.9. The smallest absolute Gasteiger partial charge is 0.328 e.